The van der Waals surface area contributed by atoms with Gasteiger partial charge in [0, 0.05) is 58.5 Å². The van der Waals surface area contributed by atoms with Crippen LogP contribution in [0.25, 0.3) is 0 Å². The SMILES string of the molecule is CN(C)C(=O)CC(CN)N(C)Cc1cnn(C)c1. The van der Waals surface area contributed by atoms with Crippen LogP contribution in [0.4, 0.5) is 0 Å². The van der Waals surface area contributed by atoms with Crippen LogP contribution in [-0.2, 0) is 18.4 Å². The van der Waals surface area contributed by atoms with Crippen molar-refractivity contribution in [3.8, 4) is 0 Å². The minimum Gasteiger partial charge on any atom is -0.349 e. The number of nitrogens with zero attached hydrogens (tertiary/aromatic N) is 4. The Bertz CT molecular complexity index is 388. The molecule has 1 aromatic rings. The molecule has 1 heterocycles. The molecule has 1 aromatic heterocycles. The minimum absolute atomic E-state index is 0.0557. The number of carbonyl (C=O) groups is 1. The maximum Gasteiger partial charge on any atom is 0.223 e. The lowest BCUT2D eigenvalue weighted by molar-refractivity contribution is -0.129. The van der Waals surface area contributed by atoms with Gasteiger partial charge in [0.25, 0.3) is 0 Å². The molecule has 18 heavy (non-hydrogen) atoms. The van der Waals surface area contributed by atoms with Gasteiger partial charge in [-0.2, -0.15) is 5.10 Å². The van der Waals surface area contributed by atoms with E-state index in [2.05, 4.69) is 10.00 Å². The van der Waals surface area contributed by atoms with E-state index in [1.54, 1.807) is 23.7 Å². The molecule has 0 fully saturated rings. The van der Waals surface area contributed by atoms with Gasteiger partial charge in [-0.05, 0) is 7.05 Å². The lowest BCUT2D eigenvalue weighted by Crippen LogP contribution is -2.41. The van der Waals surface area contributed by atoms with Crippen molar-refractivity contribution in [2.24, 2.45) is 12.8 Å². The summed E-state index contributed by atoms with van der Waals surface area (Å²) >= 11 is 0. The fraction of sp³-hybridized carbons (Fsp3) is 0.667. The molecule has 6 nitrogen and oxygen atoms in total. The van der Waals surface area contributed by atoms with E-state index in [1.807, 2.05) is 26.5 Å². The number of carbonyl (C=O) groups excluding carboxylic acids is 1. The zero-order chi connectivity index (χ0) is 13.7. The van der Waals surface area contributed by atoms with Gasteiger partial charge >= 0.3 is 0 Å². The molecule has 0 aliphatic heterocycles. The topological polar surface area (TPSA) is 67.4 Å². The molecule has 6 heteroatoms. The quantitative estimate of drug-likeness (QED) is 0.753. The molecule has 0 aliphatic carbocycles. The predicted molar refractivity (Wildman–Crippen MR) is 70.8 cm³/mol. The maximum atomic E-state index is 11.7. The highest BCUT2D eigenvalue weighted by Crippen LogP contribution is 2.08. The Morgan fingerprint density at radius 3 is 2.61 bits per heavy atom. The number of rotatable bonds is 6. The van der Waals surface area contributed by atoms with Crippen LogP contribution in [-0.4, -0.2) is 59.2 Å². The highest BCUT2D eigenvalue weighted by molar-refractivity contribution is 5.76. The van der Waals surface area contributed by atoms with Crippen LogP contribution in [0.2, 0.25) is 0 Å². The third kappa shape index (κ3) is 4.12. The third-order valence-electron chi connectivity index (χ3n) is 2.99. The summed E-state index contributed by atoms with van der Waals surface area (Å²) in [4.78, 5) is 15.4. The first kappa shape index (κ1) is 14.7. The Morgan fingerprint density at radius 1 is 1.50 bits per heavy atom. The molecular weight excluding hydrogens is 230 g/mol. The molecule has 0 aliphatic rings. The molecular formula is C12H23N5O. The van der Waals surface area contributed by atoms with Crippen LogP contribution < -0.4 is 5.73 Å². The average molecular weight is 253 g/mol. The summed E-state index contributed by atoms with van der Waals surface area (Å²) in [5.74, 6) is 0.100. The zero-order valence-corrected chi connectivity index (χ0v) is 11.6. The van der Waals surface area contributed by atoms with Crippen molar-refractivity contribution in [3.05, 3.63) is 18.0 Å². The summed E-state index contributed by atoms with van der Waals surface area (Å²) in [6, 6.07) is 0.0557. The normalized spacial score (nSPS) is 12.8. The van der Waals surface area contributed by atoms with E-state index in [0.29, 0.717) is 13.0 Å². The van der Waals surface area contributed by atoms with E-state index in [1.165, 1.54) is 0 Å². The van der Waals surface area contributed by atoms with E-state index < -0.39 is 0 Å². The van der Waals surface area contributed by atoms with Crippen molar-refractivity contribution in [1.29, 1.82) is 0 Å². The van der Waals surface area contributed by atoms with Gasteiger partial charge in [0.15, 0.2) is 0 Å². The van der Waals surface area contributed by atoms with Crippen molar-refractivity contribution < 1.29 is 4.79 Å². The first-order valence-electron chi connectivity index (χ1n) is 6.02. The van der Waals surface area contributed by atoms with Gasteiger partial charge in [0.2, 0.25) is 5.91 Å². The number of aryl methyl sites for hydroxylation is 1. The Hall–Kier alpha value is -1.40. The number of hydrogen-bond acceptors (Lipinski definition) is 4. The molecule has 0 radical (unpaired) electrons. The van der Waals surface area contributed by atoms with E-state index in [4.69, 9.17) is 5.73 Å². The van der Waals surface area contributed by atoms with Crippen LogP contribution in [0.1, 0.15) is 12.0 Å². The molecule has 0 bridgehead atoms. The van der Waals surface area contributed by atoms with Crippen LogP contribution in [0, 0.1) is 0 Å². The summed E-state index contributed by atoms with van der Waals surface area (Å²) in [5.41, 5.74) is 6.87. The zero-order valence-electron chi connectivity index (χ0n) is 11.6. The van der Waals surface area contributed by atoms with Crippen LogP contribution in [0.3, 0.4) is 0 Å². The first-order chi connectivity index (χ1) is 8.43. The largest absolute Gasteiger partial charge is 0.349 e. The van der Waals surface area contributed by atoms with Gasteiger partial charge in [-0.1, -0.05) is 0 Å². The predicted octanol–water partition coefficient (Wildman–Crippen LogP) is -0.342. The van der Waals surface area contributed by atoms with Crippen molar-refractivity contribution in [3.63, 3.8) is 0 Å². The van der Waals surface area contributed by atoms with Crippen molar-refractivity contribution in [1.82, 2.24) is 19.6 Å². The second kappa shape index (κ2) is 6.51. The Kier molecular flexibility index (Phi) is 5.30. The standard InChI is InChI=1S/C12H23N5O/c1-15(2)12(18)5-11(6-13)16(3)8-10-7-14-17(4)9-10/h7,9,11H,5-6,8,13H2,1-4H3. The van der Waals surface area contributed by atoms with Gasteiger partial charge < -0.3 is 10.6 Å². The van der Waals surface area contributed by atoms with E-state index in [9.17, 15) is 4.79 Å². The first-order valence-corrected chi connectivity index (χ1v) is 6.02. The molecule has 0 spiro atoms. The molecule has 0 aromatic carbocycles. The van der Waals surface area contributed by atoms with Crippen LogP contribution in [0.5, 0.6) is 0 Å². The number of hydrogen-bond donors (Lipinski definition) is 1. The Balaban J connectivity index is 2.56. The second-order valence-corrected chi connectivity index (χ2v) is 4.82. The van der Waals surface area contributed by atoms with Gasteiger partial charge in [-0.15, -0.1) is 0 Å². The molecule has 0 saturated heterocycles. The molecule has 0 saturated carbocycles. The monoisotopic (exact) mass is 253 g/mol. The number of nitrogens with two attached hydrogens (primary N) is 1. The van der Waals surface area contributed by atoms with Gasteiger partial charge in [-0.25, -0.2) is 0 Å². The van der Waals surface area contributed by atoms with Crippen LogP contribution in [0.15, 0.2) is 12.4 Å². The van der Waals surface area contributed by atoms with E-state index >= 15 is 0 Å². The second-order valence-electron chi connectivity index (χ2n) is 4.82. The van der Waals surface area contributed by atoms with Crippen molar-refractivity contribution in [2.75, 3.05) is 27.7 Å². The number of likely N-dealkylation sites (N-methyl/N-ethyl adjacent to an activating group) is 1. The van der Waals surface area contributed by atoms with E-state index in [-0.39, 0.29) is 11.9 Å². The summed E-state index contributed by atoms with van der Waals surface area (Å²) in [7, 11) is 7.39. The minimum atomic E-state index is 0.0557. The van der Waals surface area contributed by atoms with Gasteiger partial charge in [0.1, 0.15) is 0 Å². The lowest BCUT2D eigenvalue weighted by Gasteiger charge is -2.27. The number of aromatic nitrogens is 2. The van der Waals surface area contributed by atoms with Gasteiger partial charge in [0.05, 0.1) is 6.20 Å². The lowest BCUT2D eigenvalue weighted by atomic mass is 10.1. The van der Waals surface area contributed by atoms with E-state index in [0.717, 1.165) is 12.1 Å². The smallest absolute Gasteiger partial charge is 0.223 e. The molecule has 2 N–H and O–H groups in total. The average Bonchev–Trinajstić information content (AvgIpc) is 2.70. The maximum absolute atomic E-state index is 11.7. The highest BCUT2D eigenvalue weighted by Gasteiger charge is 2.18. The molecule has 1 rings (SSSR count). The van der Waals surface area contributed by atoms with Gasteiger partial charge in [-0.3, -0.25) is 14.4 Å². The highest BCUT2D eigenvalue weighted by atomic mass is 16.2. The van der Waals surface area contributed by atoms with Crippen molar-refractivity contribution >= 4 is 5.91 Å². The fourth-order valence-corrected chi connectivity index (χ4v) is 1.77. The van der Waals surface area contributed by atoms with Crippen LogP contribution >= 0.6 is 0 Å². The molecule has 1 unspecified atom stereocenters. The Labute approximate surface area is 108 Å². The third-order valence-corrected chi connectivity index (χ3v) is 2.99. The summed E-state index contributed by atoms with van der Waals surface area (Å²) in [5, 5.41) is 4.13. The fourth-order valence-electron chi connectivity index (χ4n) is 1.77. The van der Waals surface area contributed by atoms with Crippen molar-refractivity contribution in [2.45, 2.75) is 19.0 Å². The molecule has 1 amide bonds. The molecule has 102 valence electrons. The summed E-state index contributed by atoms with van der Waals surface area (Å²) in [6.45, 7) is 1.22. The Morgan fingerprint density at radius 2 is 2.17 bits per heavy atom. The summed E-state index contributed by atoms with van der Waals surface area (Å²) in [6.07, 6.45) is 4.25. The number of amides is 1. The summed E-state index contributed by atoms with van der Waals surface area (Å²) < 4.78 is 1.77. The molecule has 1 atom stereocenters.